The maximum absolute atomic E-state index is 12.5. The molecule has 1 amide bonds. The Morgan fingerprint density at radius 2 is 2.24 bits per heavy atom. The van der Waals surface area contributed by atoms with E-state index in [4.69, 9.17) is 14.6 Å². The van der Waals surface area contributed by atoms with Crippen LogP contribution in [-0.4, -0.2) is 32.3 Å². The van der Waals surface area contributed by atoms with Crippen molar-refractivity contribution in [1.29, 1.82) is 0 Å². The van der Waals surface area contributed by atoms with Gasteiger partial charge in [0.1, 0.15) is 17.7 Å². The van der Waals surface area contributed by atoms with E-state index < -0.39 is 0 Å². The predicted octanol–water partition coefficient (Wildman–Crippen LogP) is 1.80. The molecule has 3 aromatic rings. The van der Waals surface area contributed by atoms with Crippen LogP contribution in [0, 0.1) is 0 Å². The van der Waals surface area contributed by atoms with Crippen LogP contribution in [0.4, 0.5) is 0 Å². The number of halogens is 1. The van der Waals surface area contributed by atoms with Crippen molar-refractivity contribution in [3.63, 3.8) is 0 Å². The van der Waals surface area contributed by atoms with Gasteiger partial charge in [0.15, 0.2) is 5.69 Å². The lowest BCUT2D eigenvalue weighted by atomic mass is 10.1. The number of aromatic nitrogens is 3. The topological polar surface area (TPSA) is 111 Å². The van der Waals surface area contributed by atoms with E-state index in [0.29, 0.717) is 31.3 Å². The van der Waals surface area contributed by atoms with E-state index in [0.717, 1.165) is 17.0 Å². The molecule has 0 bridgehead atoms. The average molecular weight is 362 g/mol. The van der Waals surface area contributed by atoms with Gasteiger partial charge < -0.3 is 19.5 Å². The van der Waals surface area contributed by atoms with E-state index in [1.165, 1.54) is 6.26 Å². The Hall–Kier alpha value is -2.71. The fourth-order valence-electron chi connectivity index (χ4n) is 2.65. The monoisotopic (exact) mass is 361 g/mol. The number of hydrogen-bond donors (Lipinski definition) is 1. The second-order valence-corrected chi connectivity index (χ2v) is 5.44. The van der Waals surface area contributed by atoms with Crippen molar-refractivity contribution >= 4 is 18.3 Å². The summed E-state index contributed by atoms with van der Waals surface area (Å²) in [6, 6.07) is 3.71. The van der Waals surface area contributed by atoms with Gasteiger partial charge in [0, 0.05) is 25.4 Å². The highest BCUT2D eigenvalue weighted by Crippen LogP contribution is 2.26. The van der Waals surface area contributed by atoms with E-state index in [1.807, 2.05) is 12.1 Å². The highest BCUT2D eigenvalue weighted by molar-refractivity contribution is 5.92. The zero-order chi connectivity index (χ0) is 16.5. The molecular formula is C16H16ClN5O3. The van der Waals surface area contributed by atoms with Gasteiger partial charge >= 0.3 is 0 Å². The number of carbonyl (C=O) groups is 1. The molecule has 3 aromatic heterocycles. The van der Waals surface area contributed by atoms with Gasteiger partial charge in [-0.25, -0.2) is 9.97 Å². The molecule has 9 heteroatoms. The normalized spacial score (nSPS) is 13.2. The third-order valence-corrected chi connectivity index (χ3v) is 3.87. The lowest BCUT2D eigenvalue weighted by Gasteiger charge is -2.24. The fourth-order valence-corrected chi connectivity index (χ4v) is 2.65. The maximum Gasteiger partial charge on any atom is 0.276 e. The minimum Gasteiger partial charge on any atom is -0.447 e. The number of hydrogen-bond acceptors (Lipinski definition) is 7. The summed E-state index contributed by atoms with van der Waals surface area (Å²) < 4.78 is 10.9. The second-order valence-electron chi connectivity index (χ2n) is 5.44. The minimum absolute atomic E-state index is 0. The number of nitrogens with zero attached hydrogens (tertiary/aromatic N) is 4. The third kappa shape index (κ3) is 3.26. The zero-order valence-corrected chi connectivity index (χ0v) is 14.0. The van der Waals surface area contributed by atoms with Crippen LogP contribution in [0.15, 0.2) is 39.6 Å². The van der Waals surface area contributed by atoms with Crippen molar-refractivity contribution in [3.8, 4) is 11.5 Å². The van der Waals surface area contributed by atoms with E-state index in [2.05, 4.69) is 15.0 Å². The molecule has 8 nitrogen and oxygen atoms in total. The molecule has 0 spiro atoms. The number of oxazole rings is 2. The molecule has 1 aliphatic heterocycles. The Labute approximate surface area is 149 Å². The van der Waals surface area contributed by atoms with Crippen molar-refractivity contribution in [2.24, 2.45) is 5.73 Å². The molecule has 0 saturated heterocycles. The summed E-state index contributed by atoms with van der Waals surface area (Å²) in [6.07, 6.45) is 5.34. The summed E-state index contributed by atoms with van der Waals surface area (Å²) in [5, 5.41) is 0. The molecule has 0 radical (unpaired) electrons. The Morgan fingerprint density at radius 3 is 2.96 bits per heavy atom. The summed E-state index contributed by atoms with van der Waals surface area (Å²) in [5.41, 5.74) is 7.29. The molecule has 0 fully saturated rings. The number of pyridine rings is 1. The predicted molar refractivity (Wildman–Crippen MR) is 89.8 cm³/mol. The maximum atomic E-state index is 12.5. The van der Waals surface area contributed by atoms with E-state index in [-0.39, 0.29) is 30.6 Å². The number of fused-ring (bicyclic) bond motifs is 1. The van der Waals surface area contributed by atoms with Crippen LogP contribution in [0.25, 0.3) is 11.5 Å². The van der Waals surface area contributed by atoms with Crippen molar-refractivity contribution in [3.05, 3.63) is 53.8 Å². The summed E-state index contributed by atoms with van der Waals surface area (Å²) in [6.45, 7) is 1.08. The van der Waals surface area contributed by atoms with Crippen LogP contribution >= 0.6 is 12.4 Å². The SMILES string of the molecule is Cl.NCc1nc(C(=O)N2CCc3oc(-c4cccnc4)nc3C2)co1. The molecule has 130 valence electrons. The van der Waals surface area contributed by atoms with Crippen LogP contribution in [0.5, 0.6) is 0 Å². The molecule has 1 aliphatic rings. The van der Waals surface area contributed by atoms with Gasteiger partial charge in [-0.2, -0.15) is 0 Å². The lowest BCUT2D eigenvalue weighted by molar-refractivity contribution is 0.0722. The lowest BCUT2D eigenvalue weighted by Crippen LogP contribution is -2.36. The Bertz CT molecular complexity index is 877. The third-order valence-electron chi connectivity index (χ3n) is 3.87. The van der Waals surface area contributed by atoms with Gasteiger partial charge in [-0.1, -0.05) is 0 Å². The number of carbonyl (C=O) groups excluding carboxylic acids is 1. The van der Waals surface area contributed by atoms with Crippen molar-refractivity contribution in [2.45, 2.75) is 19.5 Å². The molecule has 4 rings (SSSR count). The molecule has 0 saturated carbocycles. The van der Waals surface area contributed by atoms with Gasteiger partial charge in [0.25, 0.3) is 5.91 Å². The highest BCUT2D eigenvalue weighted by atomic mass is 35.5. The van der Waals surface area contributed by atoms with Gasteiger partial charge in [-0.3, -0.25) is 9.78 Å². The van der Waals surface area contributed by atoms with Crippen LogP contribution < -0.4 is 5.73 Å². The number of nitrogens with two attached hydrogens (primary N) is 1. The quantitative estimate of drug-likeness (QED) is 0.757. The first kappa shape index (κ1) is 17.1. The number of amides is 1. The van der Waals surface area contributed by atoms with Crippen LogP contribution in [0.3, 0.4) is 0 Å². The number of rotatable bonds is 3. The van der Waals surface area contributed by atoms with Crippen molar-refractivity contribution in [1.82, 2.24) is 19.9 Å². The average Bonchev–Trinajstić information content (AvgIpc) is 3.28. The van der Waals surface area contributed by atoms with Gasteiger partial charge in [0.05, 0.1) is 18.7 Å². The summed E-state index contributed by atoms with van der Waals surface area (Å²) in [5.74, 6) is 1.47. The first-order valence-corrected chi connectivity index (χ1v) is 7.57. The zero-order valence-electron chi connectivity index (χ0n) is 13.2. The molecule has 2 N–H and O–H groups in total. The van der Waals surface area contributed by atoms with Crippen LogP contribution in [-0.2, 0) is 19.5 Å². The molecule has 25 heavy (non-hydrogen) atoms. The van der Waals surface area contributed by atoms with Gasteiger partial charge in [0.2, 0.25) is 11.8 Å². The summed E-state index contributed by atoms with van der Waals surface area (Å²) in [7, 11) is 0. The molecule has 0 atom stereocenters. The van der Waals surface area contributed by atoms with E-state index in [9.17, 15) is 4.79 Å². The highest BCUT2D eigenvalue weighted by Gasteiger charge is 2.28. The summed E-state index contributed by atoms with van der Waals surface area (Å²) >= 11 is 0. The second kappa shape index (κ2) is 7.04. The molecule has 4 heterocycles. The minimum atomic E-state index is -0.199. The first-order chi connectivity index (χ1) is 11.7. The molecule has 0 unspecified atom stereocenters. The van der Waals surface area contributed by atoms with Crippen molar-refractivity contribution < 1.29 is 13.6 Å². The van der Waals surface area contributed by atoms with Gasteiger partial charge in [-0.05, 0) is 12.1 Å². The fraction of sp³-hybridized carbons (Fsp3) is 0.250. The molecular weight excluding hydrogens is 346 g/mol. The van der Waals surface area contributed by atoms with E-state index >= 15 is 0 Å². The Morgan fingerprint density at radius 1 is 1.36 bits per heavy atom. The van der Waals surface area contributed by atoms with E-state index in [1.54, 1.807) is 17.3 Å². The standard InChI is InChI=1S/C16H15N5O3.ClH/c17-6-14-19-12(9-23-14)16(22)21-5-3-13-11(8-21)20-15(24-13)10-2-1-4-18-7-10;/h1-2,4,7,9H,3,5-6,8,17H2;1H. The molecule has 0 aromatic carbocycles. The first-order valence-electron chi connectivity index (χ1n) is 7.57. The van der Waals surface area contributed by atoms with Crippen LogP contribution in [0.1, 0.15) is 27.8 Å². The largest absolute Gasteiger partial charge is 0.447 e. The van der Waals surface area contributed by atoms with Crippen LogP contribution in [0.2, 0.25) is 0 Å². The Balaban J connectivity index is 0.00000182. The van der Waals surface area contributed by atoms with Gasteiger partial charge in [-0.15, -0.1) is 12.4 Å². The molecule has 0 aliphatic carbocycles. The van der Waals surface area contributed by atoms with Crippen molar-refractivity contribution in [2.75, 3.05) is 6.54 Å². The summed E-state index contributed by atoms with van der Waals surface area (Å²) in [4.78, 5) is 26.8. The Kier molecular flexibility index (Phi) is 4.82. The smallest absolute Gasteiger partial charge is 0.276 e.